The number of primary amides is 1. The van der Waals surface area contributed by atoms with Crippen molar-refractivity contribution >= 4 is 11.8 Å². The molecule has 4 N–H and O–H groups in total. The maximum Gasteiger partial charge on any atom is 0.237 e. The van der Waals surface area contributed by atoms with E-state index in [1.54, 1.807) is 0 Å². The van der Waals surface area contributed by atoms with E-state index in [-0.39, 0.29) is 17.9 Å². The van der Waals surface area contributed by atoms with Crippen molar-refractivity contribution in [1.29, 1.82) is 0 Å². The Kier molecular flexibility index (Phi) is 5.12. The van der Waals surface area contributed by atoms with Gasteiger partial charge in [-0.15, -0.1) is 0 Å². The van der Waals surface area contributed by atoms with Gasteiger partial charge in [0, 0.05) is 19.5 Å². The normalized spacial score (nSPS) is 17.3. The Balaban J connectivity index is 1.73. The van der Waals surface area contributed by atoms with Crippen molar-refractivity contribution in [1.82, 2.24) is 10.6 Å². The number of hydrogen-bond donors (Lipinski definition) is 3. The lowest BCUT2D eigenvalue weighted by atomic mass is 9.95. The fraction of sp³-hybridized carbons (Fsp3) is 0.467. The highest BCUT2D eigenvalue weighted by molar-refractivity contribution is 5.82. The third-order valence-corrected chi connectivity index (χ3v) is 3.55. The van der Waals surface area contributed by atoms with Gasteiger partial charge in [-0.1, -0.05) is 24.3 Å². The Morgan fingerprint density at radius 3 is 2.75 bits per heavy atom. The summed E-state index contributed by atoms with van der Waals surface area (Å²) in [5, 5.41) is 6.15. The van der Waals surface area contributed by atoms with E-state index in [2.05, 4.69) is 22.8 Å². The second-order valence-corrected chi connectivity index (χ2v) is 5.12. The maximum absolute atomic E-state index is 12.0. The molecule has 0 bridgehead atoms. The first-order valence-corrected chi connectivity index (χ1v) is 7.03. The molecule has 108 valence electrons. The van der Waals surface area contributed by atoms with Crippen LogP contribution in [-0.4, -0.2) is 24.4 Å². The van der Waals surface area contributed by atoms with Crippen molar-refractivity contribution in [2.24, 2.45) is 5.73 Å². The summed E-state index contributed by atoms with van der Waals surface area (Å²) in [6.07, 6.45) is 2.60. The minimum Gasteiger partial charge on any atom is -0.370 e. The summed E-state index contributed by atoms with van der Waals surface area (Å²) < 4.78 is 0. The molecule has 20 heavy (non-hydrogen) atoms. The average Bonchev–Trinajstić information content (AvgIpc) is 2.46. The number of carbonyl (C=O) groups excluding carboxylic acids is 2. The number of benzene rings is 1. The smallest absolute Gasteiger partial charge is 0.237 e. The van der Waals surface area contributed by atoms with Crippen LogP contribution in [0.1, 0.15) is 30.4 Å². The van der Waals surface area contributed by atoms with Crippen molar-refractivity contribution in [2.45, 2.75) is 38.3 Å². The first-order chi connectivity index (χ1) is 9.66. The number of rotatable bonds is 6. The van der Waals surface area contributed by atoms with E-state index in [4.69, 9.17) is 5.73 Å². The van der Waals surface area contributed by atoms with Gasteiger partial charge >= 0.3 is 0 Å². The van der Waals surface area contributed by atoms with E-state index < -0.39 is 0 Å². The summed E-state index contributed by atoms with van der Waals surface area (Å²) in [5.41, 5.74) is 7.56. The Morgan fingerprint density at radius 1 is 1.25 bits per heavy atom. The molecule has 0 fully saturated rings. The number of carbonyl (C=O) groups is 2. The molecule has 0 radical (unpaired) electrons. The van der Waals surface area contributed by atoms with Gasteiger partial charge in [-0.3, -0.25) is 9.59 Å². The molecule has 1 aliphatic heterocycles. The Bertz CT molecular complexity index is 488. The van der Waals surface area contributed by atoms with Crippen LogP contribution in [0.4, 0.5) is 0 Å². The number of amides is 2. The molecule has 1 heterocycles. The van der Waals surface area contributed by atoms with Gasteiger partial charge in [-0.05, 0) is 30.4 Å². The third-order valence-electron chi connectivity index (χ3n) is 3.55. The molecule has 5 nitrogen and oxygen atoms in total. The monoisotopic (exact) mass is 275 g/mol. The Labute approximate surface area is 118 Å². The molecule has 2 amide bonds. The molecular weight excluding hydrogens is 254 g/mol. The van der Waals surface area contributed by atoms with Gasteiger partial charge < -0.3 is 16.4 Å². The lowest BCUT2D eigenvalue weighted by Crippen LogP contribution is -2.47. The molecule has 0 aliphatic carbocycles. The average molecular weight is 275 g/mol. The highest BCUT2D eigenvalue weighted by atomic mass is 16.2. The van der Waals surface area contributed by atoms with Gasteiger partial charge in [-0.2, -0.15) is 0 Å². The number of unbranched alkanes of at least 4 members (excludes halogenated alkanes) is 1. The fourth-order valence-electron chi connectivity index (χ4n) is 2.40. The summed E-state index contributed by atoms with van der Waals surface area (Å²) in [6, 6.07) is 8.01. The van der Waals surface area contributed by atoms with E-state index in [1.807, 2.05) is 12.1 Å². The van der Waals surface area contributed by atoms with Crippen LogP contribution in [-0.2, 0) is 22.6 Å². The highest BCUT2D eigenvalue weighted by Crippen LogP contribution is 2.16. The summed E-state index contributed by atoms with van der Waals surface area (Å²) in [4.78, 5) is 22.6. The van der Waals surface area contributed by atoms with Crippen LogP contribution >= 0.6 is 0 Å². The van der Waals surface area contributed by atoms with Gasteiger partial charge in [0.05, 0.1) is 6.04 Å². The number of fused-ring (bicyclic) bond motifs is 1. The molecule has 1 aromatic carbocycles. The van der Waals surface area contributed by atoms with Gasteiger partial charge in [0.1, 0.15) is 0 Å². The lowest BCUT2D eigenvalue weighted by molar-refractivity contribution is -0.123. The maximum atomic E-state index is 12.0. The van der Waals surface area contributed by atoms with Crippen LogP contribution in [0.3, 0.4) is 0 Å². The molecule has 0 spiro atoms. The zero-order chi connectivity index (χ0) is 14.4. The molecule has 1 aromatic rings. The largest absolute Gasteiger partial charge is 0.370 e. The summed E-state index contributed by atoms with van der Waals surface area (Å²) >= 11 is 0. The first kappa shape index (κ1) is 14.5. The van der Waals surface area contributed by atoms with E-state index in [0.717, 1.165) is 25.8 Å². The molecule has 0 aromatic heterocycles. The predicted molar refractivity (Wildman–Crippen MR) is 76.8 cm³/mol. The molecule has 1 unspecified atom stereocenters. The summed E-state index contributed by atoms with van der Waals surface area (Å²) in [7, 11) is 0. The second-order valence-electron chi connectivity index (χ2n) is 5.12. The van der Waals surface area contributed by atoms with Gasteiger partial charge in [-0.25, -0.2) is 0 Å². The fourth-order valence-corrected chi connectivity index (χ4v) is 2.40. The molecule has 1 atom stereocenters. The van der Waals surface area contributed by atoms with Crippen molar-refractivity contribution < 1.29 is 9.59 Å². The van der Waals surface area contributed by atoms with Crippen molar-refractivity contribution in [3.8, 4) is 0 Å². The molecule has 0 saturated heterocycles. The Morgan fingerprint density at radius 2 is 2.00 bits per heavy atom. The zero-order valence-corrected chi connectivity index (χ0v) is 11.5. The molecule has 1 aliphatic rings. The van der Waals surface area contributed by atoms with Gasteiger partial charge in [0.2, 0.25) is 11.8 Å². The molecule has 0 saturated carbocycles. The zero-order valence-electron chi connectivity index (χ0n) is 11.5. The minimum atomic E-state index is -0.290. The number of hydrogen-bond acceptors (Lipinski definition) is 3. The van der Waals surface area contributed by atoms with Crippen LogP contribution in [0.15, 0.2) is 24.3 Å². The first-order valence-electron chi connectivity index (χ1n) is 7.03. The van der Waals surface area contributed by atoms with Crippen molar-refractivity contribution in [2.75, 3.05) is 6.54 Å². The van der Waals surface area contributed by atoms with Crippen molar-refractivity contribution in [3.05, 3.63) is 35.4 Å². The summed E-state index contributed by atoms with van der Waals surface area (Å²) in [5.74, 6) is -0.263. The highest BCUT2D eigenvalue weighted by Gasteiger charge is 2.23. The summed E-state index contributed by atoms with van der Waals surface area (Å²) in [6.45, 7) is 1.32. The lowest BCUT2D eigenvalue weighted by Gasteiger charge is -2.25. The van der Waals surface area contributed by atoms with E-state index >= 15 is 0 Å². The Hall–Kier alpha value is -1.88. The van der Waals surface area contributed by atoms with Crippen molar-refractivity contribution in [3.63, 3.8) is 0 Å². The molecule has 5 heteroatoms. The van der Waals surface area contributed by atoms with E-state index in [1.165, 1.54) is 11.1 Å². The van der Waals surface area contributed by atoms with Crippen LogP contribution in [0.25, 0.3) is 0 Å². The van der Waals surface area contributed by atoms with E-state index in [9.17, 15) is 9.59 Å². The SMILES string of the molecule is NC(=O)CCCCNC(=O)C1Cc2ccccc2CN1. The van der Waals surface area contributed by atoms with Gasteiger partial charge in [0.25, 0.3) is 0 Å². The quantitative estimate of drug-likeness (QED) is 0.660. The minimum absolute atomic E-state index is 0.0265. The topological polar surface area (TPSA) is 84.2 Å². The van der Waals surface area contributed by atoms with Crippen LogP contribution in [0, 0.1) is 0 Å². The van der Waals surface area contributed by atoms with Crippen LogP contribution in [0.5, 0.6) is 0 Å². The number of nitrogens with one attached hydrogen (secondary N) is 2. The molecular formula is C15H21N3O2. The van der Waals surface area contributed by atoms with Crippen LogP contribution in [0.2, 0.25) is 0 Å². The van der Waals surface area contributed by atoms with E-state index in [0.29, 0.717) is 13.0 Å². The number of nitrogens with two attached hydrogens (primary N) is 1. The van der Waals surface area contributed by atoms with Gasteiger partial charge in [0.15, 0.2) is 0 Å². The van der Waals surface area contributed by atoms with Crippen LogP contribution < -0.4 is 16.4 Å². The standard InChI is InChI=1S/C15H21N3O2/c16-14(19)7-3-4-8-17-15(20)13-9-11-5-1-2-6-12(11)10-18-13/h1-2,5-6,13,18H,3-4,7-10H2,(H2,16,19)(H,17,20). The third kappa shape index (κ3) is 4.06. The second kappa shape index (κ2) is 7.05. The molecule has 2 rings (SSSR count). The predicted octanol–water partition coefficient (Wildman–Crippen LogP) is 0.473.